The van der Waals surface area contributed by atoms with Gasteiger partial charge in [0.05, 0.1) is 12.8 Å². The Morgan fingerprint density at radius 3 is 2.94 bits per heavy atom. The predicted molar refractivity (Wildman–Crippen MR) is 60.3 cm³/mol. The lowest BCUT2D eigenvalue weighted by atomic mass is 10.3. The molecule has 0 amide bonds. The molecule has 18 heavy (non-hydrogen) atoms. The van der Waals surface area contributed by atoms with Gasteiger partial charge in [-0.15, -0.1) is 0 Å². The van der Waals surface area contributed by atoms with Gasteiger partial charge >= 0.3 is 5.84 Å². The summed E-state index contributed by atoms with van der Waals surface area (Å²) in [5.74, 6) is -0.164. The van der Waals surface area contributed by atoms with Crippen molar-refractivity contribution in [1.82, 2.24) is 5.06 Å². The molecule has 0 saturated heterocycles. The Kier molecular flexibility index (Phi) is 3.19. The molecule has 2 heterocycles. The molecular weight excluding hydrogens is 242 g/mol. The normalized spacial score (nSPS) is 27.1. The first-order valence-corrected chi connectivity index (χ1v) is 5.09. The Morgan fingerprint density at radius 2 is 2.33 bits per heavy atom. The van der Waals surface area contributed by atoms with Gasteiger partial charge in [-0.25, -0.2) is 4.74 Å². The van der Waals surface area contributed by atoms with Gasteiger partial charge in [0, 0.05) is 0 Å². The lowest BCUT2D eigenvalue weighted by Crippen LogP contribution is -2.63. The van der Waals surface area contributed by atoms with E-state index in [1.54, 1.807) is 12.1 Å². The number of aliphatic hydroxyl groups is 1. The molecule has 0 aliphatic carbocycles. The van der Waals surface area contributed by atoms with Crippen LogP contribution in [0.4, 0.5) is 0 Å². The molecule has 0 aromatic carbocycles. The molecule has 1 aliphatic heterocycles. The number of hydrogen-bond donors (Lipinski definition) is 4. The molecule has 0 radical (unpaired) electrons. The van der Waals surface area contributed by atoms with Gasteiger partial charge < -0.3 is 14.7 Å². The molecule has 2 atom stereocenters. The van der Waals surface area contributed by atoms with Crippen LogP contribution in [0.1, 0.15) is 5.76 Å². The molecule has 0 bridgehead atoms. The lowest BCUT2D eigenvalue weighted by molar-refractivity contribution is -0.495. The Morgan fingerprint density at radius 1 is 1.61 bits per heavy atom. The van der Waals surface area contributed by atoms with Crippen LogP contribution in [0.15, 0.2) is 27.8 Å². The summed E-state index contributed by atoms with van der Waals surface area (Å²) in [4.78, 5) is 3.93. The summed E-state index contributed by atoms with van der Waals surface area (Å²) in [6.07, 6.45) is -1.49. The van der Waals surface area contributed by atoms with Crippen molar-refractivity contribution in [3.05, 3.63) is 29.4 Å². The second-order valence-electron chi connectivity index (χ2n) is 3.67. The maximum Gasteiger partial charge on any atom is 0.300 e. The van der Waals surface area contributed by atoms with Crippen LogP contribution >= 0.6 is 0 Å². The van der Waals surface area contributed by atoms with E-state index >= 15 is 0 Å². The minimum absolute atomic E-state index is 0.0769. The number of aliphatic hydroxyl groups excluding tert-OH is 1. The van der Waals surface area contributed by atoms with Gasteiger partial charge in [-0.3, -0.25) is 21.7 Å². The average molecular weight is 255 g/mol. The average Bonchev–Trinajstić information content (AvgIpc) is 2.87. The van der Waals surface area contributed by atoms with Gasteiger partial charge in [0.15, 0.2) is 5.84 Å². The molecule has 9 nitrogen and oxygen atoms in total. The van der Waals surface area contributed by atoms with E-state index in [1.807, 2.05) is 0 Å². The highest BCUT2D eigenvalue weighted by Crippen LogP contribution is 2.09. The van der Waals surface area contributed by atoms with E-state index in [0.717, 1.165) is 0 Å². The van der Waals surface area contributed by atoms with E-state index < -0.39 is 18.2 Å². The topological polar surface area (TPSA) is 147 Å². The minimum atomic E-state index is -1.67. The standard InChI is InChI=1S/C9H13N5O4/c10-6-8(12-4-5-2-1-3-18-5)14(17)9(15)7(11)13(6)16/h1-3,6,9,15,17H,4,10-11H2. The molecule has 2 unspecified atom stereocenters. The summed E-state index contributed by atoms with van der Waals surface area (Å²) in [5, 5.41) is 30.9. The molecule has 98 valence electrons. The van der Waals surface area contributed by atoms with Crippen molar-refractivity contribution in [3.8, 4) is 0 Å². The van der Waals surface area contributed by atoms with E-state index in [4.69, 9.17) is 15.9 Å². The molecule has 0 fully saturated rings. The van der Waals surface area contributed by atoms with Crippen molar-refractivity contribution in [2.45, 2.75) is 18.9 Å². The van der Waals surface area contributed by atoms with Crippen LogP contribution in [0.3, 0.4) is 0 Å². The monoisotopic (exact) mass is 255 g/mol. The number of rotatable bonds is 2. The van der Waals surface area contributed by atoms with E-state index in [0.29, 0.717) is 10.8 Å². The highest BCUT2D eigenvalue weighted by atomic mass is 16.5. The quantitative estimate of drug-likeness (QED) is 0.365. The zero-order valence-electron chi connectivity index (χ0n) is 9.30. The number of furan rings is 1. The zero-order valence-corrected chi connectivity index (χ0v) is 9.30. The largest absolute Gasteiger partial charge is 0.714 e. The number of nitrogens with two attached hydrogens (primary N) is 2. The number of amidine groups is 2. The first kappa shape index (κ1) is 12.4. The van der Waals surface area contributed by atoms with E-state index in [9.17, 15) is 15.5 Å². The van der Waals surface area contributed by atoms with Crippen molar-refractivity contribution in [3.63, 3.8) is 0 Å². The van der Waals surface area contributed by atoms with Crippen molar-refractivity contribution in [1.29, 1.82) is 0 Å². The third-order valence-corrected chi connectivity index (χ3v) is 2.48. The maximum absolute atomic E-state index is 11.5. The Bertz CT molecular complexity index is 483. The predicted octanol–water partition coefficient (Wildman–Crippen LogP) is -1.65. The molecule has 0 saturated carbocycles. The molecule has 1 aromatic heterocycles. The Labute approximate surface area is 102 Å². The smallest absolute Gasteiger partial charge is 0.300 e. The fourth-order valence-electron chi connectivity index (χ4n) is 1.49. The van der Waals surface area contributed by atoms with Crippen LogP contribution in [-0.2, 0) is 6.54 Å². The highest BCUT2D eigenvalue weighted by molar-refractivity contribution is 5.93. The number of nitrogens with zero attached hydrogens (tertiary/aromatic N) is 3. The fraction of sp³-hybridized carbons (Fsp3) is 0.333. The van der Waals surface area contributed by atoms with Crippen molar-refractivity contribution < 1.29 is 19.5 Å². The molecule has 1 aliphatic rings. The Balaban J connectivity index is 2.25. The van der Waals surface area contributed by atoms with Crippen LogP contribution in [0.2, 0.25) is 0 Å². The molecule has 1 aromatic rings. The molecular formula is C9H13N5O4. The number of aliphatic imine (C=N–C) groups is 1. The summed E-state index contributed by atoms with van der Waals surface area (Å²) in [7, 11) is 0. The van der Waals surface area contributed by atoms with Crippen molar-refractivity contribution >= 4 is 11.7 Å². The third kappa shape index (κ3) is 2.01. The van der Waals surface area contributed by atoms with Crippen LogP contribution in [0.5, 0.6) is 0 Å². The minimum Gasteiger partial charge on any atom is -0.714 e. The SMILES string of the molecule is NC1=[N+]([O-])C(N)C(=NCc2ccco2)N(O)C1O. The molecule has 6 N–H and O–H groups in total. The summed E-state index contributed by atoms with van der Waals surface area (Å²) in [6.45, 7) is 0.0769. The van der Waals surface area contributed by atoms with Gasteiger partial charge in [0.2, 0.25) is 6.17 Å². The van der Waals surface area contributed by atoms with E-state index in [1.165, 1.54) is 6.26 Å². The first-order valence-electron chi connectivity index (χ1n) is 5.09. The van der Waals surface area contributed by atoms with Gasteiger partial charge in [-0.2, -0.15) is 5.06 Å². The van der Waals surface area contributed by atoms with Crippen LogP contribution in [-0.4, -0.2) is 44.2 Å². The van der Waals surface area contributed by atoms with Gasteiger partial charge in [-0.05, 0) is 12.1 Å². The summed E-state index contributed by atoms with van der Waals surface area (Å²) in [5.41, 5.74) is 10.8. The summed E-state index contributed by atoms with van der Waals surface area (Å²) in [6, 6.07) is 3.35. The van der Waals surface area contributed by atoms with E-state index in [-0.39, 0.29) is 17.1 Å². The van der Waals surface area contributed by atoms with Crippen LogP contribution in [0.25, 0.3) is 0 Å². The number of hydroxylamine groups is 3. The lowest BCUT2D eigenvalue weighted by Gasteiger charge is -2.33. The van der Waals surface area contributed by atoms with Gasteiger partial charge in [-0.1, -0.05) is 0 Å². The second kappa shape index (κ2) is 4.64. The van der Waals surface area contributed by atoms with Crippen LogP contribution in [0, 0.1) is 5.21 Å². The van der Waals surface area contributed by atoms with Crippen molar-refractivity contribution in [2.75, 3.05) is 0 Å². The van der Waals surface area contributed by atoms with Gasteiger partial charge in [0.1, 0.15) is 5.76 Å². The second-order valence-corrected chi connectivity index (χ2v) is 3.67. The molecule has 9 heteroatoms. The third-order valence-electron chi connectivity index (χ3n) is 2.48. The molecule has 2 rings (SSSR count). The van der Waals surface area contributed by atoms with E-state index in [2.05, 4.69) is 4.99 Å². The maximum atomic E-state index is 11.5. The molecule has 0 spiro atoms. The van der Waals surface area contributed by atoms with Gasteiger partial charge in [0.25, 0.3) is 6.23 Å². The summed E-state index contributed by atoms with van der Waals surface area (Å²) >= 11 is 0. The van der Waals surface area contributed by atoms with Crippen molar-refractivity contribution in [2.24, 2.45) is 16.5 Å². The summed E-state index contributed by atoms with van der Waals surface area (Å²) < 4.78 is 5.23. The zero-order chi connectivity index (χ0) is 13.3. The first-order chi connectivity index (χ1) is 8.52. The highest BCUT2D eigenvalue weighted by Gasteiger charge is 2.37. The Hall–Kier alpha value is -2.10. The van der Waals surface area contributed by atoms with Crippen LogP contribution < -0.4 is 11.5 Å². The fourth-order valence-corrected chi connectivity index (χ4v) is 1.49. The number of hydrogen-bond acceptors (Lipinski definition) is 7.